The maximum atomic E-state index is 10.5. The molecular formula is C17H18O3. The Hall–Kier alpha value is -2.00. The first-order valence-corrected chi connectivity index (χ1v) is 6.85. The van der Waals surface area contributed by atoms with Gasteiger partial charge < -0.3 is 14.6 Å². The van der Waals surface area contributed by atoms with Gasteiger partial charge in [0.1, 0.15) is 17.6 Å². The lowest BCUT2D eigenvalue weighted by molar-refractivity contribution is 0.219. The van der Waals surface area contributed by atoms with Crippen LogP contribution in [0.3, 0.4) is 0 Å². The number of fused-ring (bicyclic) bond motifs is 1. The molecule has 20 heavy (non-hydrogen) atoms. The molecule has 0 amide bonds. The van der Waals surface area contributed by atoms with Gasteiger partial charge in [0, 0.05) is 0 Å². The van der Waals surface area contributed by atoms with Gasteiger partial charge in [-0.1, -0.05) is 18.2 Å². The monoisotopic (exact) mass is 270 g/mol. The Morgan fingerprint density at radius 2 is 1.85 bits per heavy atom. The average Bonchev–Trinajstić information content (AvgIpc) is 2.54. The third kappa shape index (κ3) is 2.49. The third-order valence-electron chi connectivity index (χ3n) is 3.68. The fourth-order valence-electron chi connectivity index (χ4n) is 2.53. The number of hydrogen-bond donors (Lipinski definition) is 1. The van der Waals surface area contributed by atoms with E-state index in [1.54, 1.807) is 7.11 Å². The molecule has 3 heteroatoms. The van der Waals surface area contributed by atoms with Crippen LogP contribution in [0.5, 0.6) is 11.5 Å². The molecule has 3 nitrogen and oxygen atoms in total. The highest BCUT2D eigenvalue weighted by atomic mass is 16.5. The zero-order valence-corrected chi connectivity index (χ0v) is 11.5. The highest BCUT2D eigenvalue weighted by molar-refractivity contribution is 5.42. The van der Waals surface area contributed by atoms with Crippen molar-refractivity contribution in [2.75, 3.05) is 13.7 Å². The summed E-state index contributed by atoms with van der Waals surface area (Å²) in [6.45, 7) is 0.785. The molecule has 2 aromatic rings. The van der Waals surface area contributed by atoms with Crippen molar-refractivity contribution in [3.05, 3.63) is 59.2 Å². The van der Waals surface area contributed by atoms with Gasteiger partial charge >= 0.3 is 0 Å². The second kappa shape index (κ2) is 5.55. The Morgan fingerprint density at radius 3 is 2.60 bits per heavy atom. The lowest BCUT2D eigenvalue weighted by Crippen LogP contribution is -2.09. The largest absolute Gasteiger partial charge is 0.497 e. The summed E-state index contributed by atoms with van der Waals surface area (Å²) < 4.78 is 10.7. The molecular weight excluding hydrogens is 252 g/mol. The highest BCUT2D eigenvalue weighted by Gasteiger charge is 2.15. The lowest BCUT2D eigenvalue weighted by Gasteiger charge is -2.19. The van der Waals surface area contributed by atoms with Crippen LogP contribution in [-0.2, 0) is 6.42 Å². The van der Waals surface area contributed by atoms with E-state index in [2.05, 4.69) is 0 Å². The smallest absolute Gasteiger partial charge is 0.122 e. The SMILES string of the molecule is COc1ccc(C(O)c2ccc3c(c2)CCCO3)cc1. The van der Waals surface area contributed by atoms with Crippen molar-refractivity contribution in [1.82, 2.24) is 0 Å². The minimum atomic E-state index is -0.617. The highest BCUT2D eigenvalue weighted by Crippen LogP contribution is 2.30. The summed E-state index contributed by atoms with van der Waals surface area (Å²) in [5, 5.41) is 10.5. The molecule has 1 heterocycles. The molecule has 0 radical (unpaired) electrons. The fourth-order valence-corrected chi connectivity index (χ4v) is 2.53. The second-order valence-electron chi connectivity index (χ2n) is 4.99. The van der Waals surface area contributed by atoms with Gasteiger partial charge in [0.05, 0.1) is 13.7 Å². The fraction of sp³-hybridized carbons (Fsp3) is 0.294. The van der Waals surface area contributed by atoms with E-state index >= 15 is 0 Å². The van der Waals surface area contributed by atoms with Gasteiger partial charge in [0.25, 0.3) is 0 Å². The molecule has 1 aliphatic heterocycles. The van der Waals surface area contributed by atoms with Crippen LogP contribution in [-0.4, -0.2) is 18.8 Å². The molecule has 3 rings (SSSR count). The number of aliphatic hydroxyl groups is 1. The van der Waals surface area contributed by atoms with Crippen molar-refractivity contribution in [1.29, 1.82) is 0 Å². The van der Waals surface area contributed by atoms with Gasteiger partial charge in [0.2, 0.25) is 0 Å². The molecule has 0 fully saturated rings. The third-order valence-corrected chi connectivity index (χ3v) is 3.68. The van der Waals surface area contributed by atoms with Crippen molar-refractivity contribution in [2.24, 2.45) is 0 Å². The number of methoxy groups -OCH3 is 1. The number of rotatable bonds is 3. The van der Waals surface area contributed by atoms with E-state index in [0.717, 1.165) is 42.1 Å². The Bertz CT molecular complexity index is 590. The van der Waals surface area contributed by atoms with Crippen molar-refractivity contribution in [3.63, 3.8) is 0 Å². The summed E-state index contributed by atoms with van der Waals surface area (Å²) in [5.74, 6) is 1.74. The van der Waals surface area contributed by atoms with Crippen LogP contribution in [0.15, 0.2) is 42.5 Å². The van der Waals surface area contributed by atoms with Crippen LogP contribution in [0.25, 0.3) is 0 Å². The van der Waals surface area contributed by atoms with E-state index in [4.69, 9.17) is 9.47 Å². The number of aryl methyl sites for hydroxylation is 1. The Morgan fingerprint density at radius 1 is 1.10 bits per heavy atom. The topological polar surface area (TPSA) is 38.7 Å². The molecule has 104 valence electrons. The number of hydrogen-bond acceptors (Lipinski definition) is 3. The molecule has 0 saturated carbocycles. The number of ether oxygens (including phenoxy) is 2. The van der Waals surface area contributed by atoms with Crippen molar-refractivity contribution < 1.29 is 14.6 Å². The number of benzene rings is 2. The molecule has 2 aromatic carbocycles. The minimum Gasteiger partial charge on any atom is -0.497 e. The summed E-state index contributed by atoms with van der Waals surface area (Å²) >= 11 is 0. The normalized spacial score (nSPS) is 15.1. The first-order valence-electron chi connectivity index (χ1n) is 6.85. The van der Waals surface area contributed by atoms with Crippen LogP contribution in [0.1, 0.15) is 29.2 Å². The molecule has 0 aromatic heterocycles. The van der Waals surface area contributed by atoms with Gasteiger partial charge in [-0.3, -0.25) is 0 Å². The summed E-state index contributed by atoms with van der Waals surface area (Å²) in [4.78, 5) is 0. The molecule has 1 N–H and O–H groups in total. The van der Waals surface area contributed by atoms with E-state index in [1.807, 2.05) is 42.5 Å². The minimum absolute atomic E-state index is 0.617. The van der Waals surface area contributed by atoms with E-state index in [0.29, 0.717) is 0 Å². The first-order chi connectivity index (χ1) is 9.78. The molecule has 1 aliphatic rings. The van der Waals surface area contributed by atoms with Gasteiger partial charge in [-0.25, -0.2) is 0 Å². The molecule has 0 saturated heterocycles. The first kappa shape index (κ1) is 13.0. The van der Waals surface area contributed by atoms with Crippen molar-refractivity contribution in [2.45, 2.75) is 18.9 Å². The summed E-state index contributed by atoms with van der Waals surface area (Å²) in [6, 6.07) is 13.4. The maximum absolute atomic E-state index is 10.5. The van der Waals surface area contributed by atoms with Crippen LogP contribution in [0.2, 0.25) is 0 Å². The van der Waals surface area contributed by atoms with E-state index < -0.39 is 6.10 Å². The van der Waals surface area contributed by atoms with Crippen LogP contribution in [0.4, 0.5) is 0 Å². The zero-order valence-electron chi connectivity index (χ0n) is 11.5. The maximum Gasteiger partial charge on any atom is 0.122 e. The molecule has 1 atom stereocenters. The molecule has 1 unspecified atom stereocenters. The molecule has 0 aliphatic carbocycles. The van der Waals surface area contributed by atoms with E-state index in [-0.39, 0.29) is 0 Å². The van der Waals surface area contributed by atoms with Gasteiger partial charge in [-0.05, 0) is 53.8 Å². The predicted octanol–water partition coefficient (Wildman–Crippen LogP) is 3.10. The molecule has 0 spiro atoms. The standard InChI is InChI=1S/C17H18O3/c1-19-15-7-4-12(5-8-15)17(18)14-6-9-16-13(11-14)3-2-10-20-16/h4-9,11,17-18H,2-3,10H2,1H3. The number of aliphatic hydroxyl groups excluding tert-OH is 1. The zero-order chi connectivity index (χ0) is 13.9. The van der Waals surface area contributed by atoms with Gasteiger partial charge in [0.15, 0.2) is 0 Å². The van der Waals surface area contributed by atoms with Gasteiger partial charge in [-0.15, -0.1) is 0 Å². The van der Waals surface area contributed by atoms with Gasteiger partial charge in [-0.2, -0.15) is 0 Å². The van der Waals surface area contributed by atoms with Crippen LogP contribution < -0.4 is 9.47 Å². The van der Waals surface area contributed by atoms with Crippen molar-refractivity contribution in [3.8, 4) is 11.5 Å². The lowest BCUT2D eigenvalue weighted by atomic mass is 9.97. The summed E-state index contributed by atoms with van der Waals surface area (Å²) in [7, 11) is 1.63. The van der Waals surface area contributed by atoms with E-state index in [9.17, 15) is 5.11 Å². The Kier molecular flexibility index (Phi) is 3.61. The Balaban J connectivity index is 1.87. The predicted molar refractivity (Wildman–Crippen MR) is 77.3 cm³/mol. The van der Waals surface area contributed by atoms with Crippen LogP contribution >= 0.6 is 0 Å². The van der Waals surface area contributed by atoms with Crippen molar-refractivity contribution >= 4 is 0 Å². The second-order valence-corrected chi connectivity index (χ2v) is 4.99. The quantitative estimate of drug-likeness (QED) is 0.931. The summed E-state index contributed by atoms with van der Waals surface area (Å²) in [5.41, 5.74) is 2.95. The Labute approximate surface area is 118 Å². The average molecular weight is 270 g/mol. The summed E-state index contributed by atoms with van der Waals surface area (Å²) in [6.07, 6.45) is 1.43. The van der Waals surface area contributed by atoms with E-state index in [1.165, 1.54) is 5.56 Å². The van der Waals surface area contributed by atoms with Crippen LogP contribution in [0, 0.1) is 0 Å². The molecule has 0 bridgehead atoms.